The molecule has 2 aliphatic rings. The van der Waals surface area contributed by atoms with Gasteiger partial charge in [0.15, 0.2) is 0 Å². The number of hydrogen-bond acceptors (Lipinski definition) is 12. The lowest BCUT2D eigenvalue weighted by Crippen LogP contribution is -2.25. The highest BCUT2D eigenvalue weighted by atomic mass is 16.5. The summed E-state index contributed by atoms with van der Waals surface area (Å²) >= 11 is 0. The van der Waals surface area contributed by atoms with Crippen LogP contribution in [0.3, 0.4) is 0 Å². The number of anilines is 4. The average molecular weight is 384 g/mol. The summed E-state index contributed by atoms with van der Waals surface area (Å²) in [6.07, 6.45) is 0. The molecule has 1 aromatic heterocycles. The zero-order valence-corrected chi connectivity index (χ0v) is 13.8. The fourth-order valence-electron chi connectivity index (χ4n) is 3.34. The zero-order valence-electron chi connectivity index (χ0n) is 13.8. The molecule has 0 bridgehead atoms. The van der Waals surface area contributed by atoms with E-state index in [-0.39, 0.29) is 44.6 Å². The molecule has 0 spiro atoms. The van der Waals surface area contributed by atoms with Crippen molar-refractivity contribution in [3.8, 4) is 23.0 Å². The van der Waals surface area contributed by atoms with Gasteiger partial charge in [-0.05, 0) is 0 Å². The Morgan fingerprint density at radius 1 is 0.643 bits per heavy atom. The van der Waals surface area contributed by atoms with Gasteiger partial charge in [-0.1, -0.05) is 0 Å². The van der Waals surface area contributed by atoms with E-state index in [9.17, 15) is 19.8 Å². The minimum absolute atomic E-state index is 0.150. The van der Waals surface area contributed by atoms with Crippen LogP contribution in [-0.4, -0.2) is 10.2 Å². The number of aromatic hydroxyl groups is 2. The summed E-state index contributed by atoms with van der Waals surface area (Å²) in [5.41, 5.74) is 20.3. The van der Waals surface area contributed by atoms with Gasteiger partial charge in [-0.15, -0.1) is 0 Å². The first kappa shape index (κ1) is 17.0. The van der Waals surface area contributed by atoms with Crippen molar-refractivity contribution in [2.75, 3.05) is 22.9 Å². The highest BCUT2D eigenvalue weighted by Gasteiger charge is 2.27. The highest BCUT2D eigenvalue weighted by Crippen LogP contribution is 2.50. The van der Waals surface area contributed by atoms with Crippen molar-refractivity contribution in [1.82, 2.24) is 0 Å². The second-order valence-electron chi connectivity index (χ2n) is 6.04. The van der Waals surface area contributed by atoms with E-state index in [4.69, 9.17) is 38.2 Å². The van der Waals surface area contributed by atoms with E-state index in [2.05, 4.69) is 4.42 Å². The SMILES string of the molecule is N=c1c(N)c(-c2c(N)c(N)c3c(O)oc(O)c3c2N)c(=N)c2c(=O)oc(=O)c1=2. The van der Waals surface area contributed by atoms with Crippen LogP contribution in [0.2, 0.25) is 0 Å². The number of rotatable bonds is 1. The highest BCUT2D eigenvalue weighted by molar-refractivity contribution is 6.17. The van der Waals surface area contributed by atoms with E-state index in [1.807, 2.05) is 0 Å². The normalized spacial score (nSPS) is 11.6. The number of furan rings is 1. The number of nitrogen functional groups attached to an aromatic ring is 4. The van der Waals surface area contributed by atoms with Crippen LogP contribution in [0.4, 0.5) is 22.7 Å². The van der Waals surface area contributed by atoms with E-state index in [0.29, 0.717) is 0 Å². The van der Waals surface area contributed by atoms with Crippen LogP contribution < -0.4 is 44.9 Å². The Labute approximate surface area is 152 Å². The molecule has 12 nitrogen and oxygen atoms in total. The first-order valence-electron chi connectivity index (χ1n) is 7.58. The van der Waals surface area contributed by atoms with Gasteiger partial charge in [0.05, 0.1) is 44.2 Å². The van der Waals surface area contributed by atoms with Crippen LogP contribution in [0.25, 0.3) is 21.9 Å². The fourth-order valence-corrected chi connectivity index (χ4v) is 3.34. The molecule has 1 aromatic carbocycles. The molecule has 0 saturated carbocycles. The summed E-state index contributed by atoms with van der Waals surface area (Å²) in [5, 5.41) is 33.9. The first-order valence-corrected chi connectivity index (χ1v) is 7.58. The predicted octanol–water partition coefficient (Wildman–Crippen LogP) is -1.29. The van der Waals surface area contributed by atoms with Crippen LogP contribution in [0.5, 0.6) is 11.9 Å². The molecule has 142 valence electrons. The van der Waals surface area contributed by atoms with Crippen molar-refractivity contribution in [3.05, 3.63) is 42.0 Å². The van der Waals surface area contributed by atoms with Crippen LogP contribution in [0, 0.1) is 21.3 Å². The maximum atomic E-state index is 12.0. The number of hydrogen-bond donors (Lipinski definition) is 8. The molecular weight excluding hydrogens is 372 g/mol. The molecule has 2 aromatic rings. The van der Waals surface area contributed by atoms with Gasteiger partial charge in [0.2, 0.25) is 0 Å². The molecule has 0 saturated heterocycles. The third kappa shape index (κ3) is 1.77. The molecule has 12 heteroatoms. The fraction of sp³-hybridized carbons (Fsp3) is 0. The maximum Gasteiger partial charge on any atom is 0.349 e. The van der Waals surface area contributed by atoms with Crippen molar-refractivity contribution in [3.63, 3.8) is 0 Å². The molecule has 1 aliphatic heterocycles. The Morgan fingerprint density at radius 3 is 1.71 bits per heavy atom. The third-order valence-corrected chi connectivity index (χ3v) is 4.62. The quantitative estimate of drug-likeness (QED) is 0.180. The standard InChI is InChI=1S/C16H12N6O6/c17-7-1(9(19)11(21)5-3(7)13(23)27-15(5)25)2-8(18)4-6(12(22)10(2)20)16(26)28-14(4)24/h17,21,24,26H,18-20,22H2. The van der Waals surface area contributed by atoms with E-state index in [1.54, 1.807) is 0 Å². The van der Waals surface area contributed by atoms with Crippen molar-refractivity contribution in [2.24, 2.45) is 0 Å². The minimum atomic E-state index is -1.12. The van der Waals surface area contributed by atoms with Crippen molar-refractivity contribution in [1.29, 1.82) is 10.8 Å². The average Bonchev–Trinajstić information content (AvgIpc) is 3.09. The number of benzene rings is 1. The van der Waals surface area contributed by atoms with Gasteiger partial charge in [-0.3, -0.25) is 10.8 Å². The number of nitrogens with one attached hydrogen (secondary N) is 2. The monoisotopic (exact) mass is 384 g/mol. The number of nitrogens with two attached hydrogens (primary N) is 4. The molecule has 0 radical (unpaired) electrons. The summed E-state index contributed by atoms with van der Waals surface area (Å²) in [6, 6.07) is 0. The molecule has 2 heterocycles. The van der Waals surface area contributed by atoms with Gasteiger partial charge in [0, 0.05) is 11.1 Å². The van der Waals surface area contributed by atoms with E-state index >= 15 is 0 Å². The molecule has 0 fully saturated rings. The maximum absolute atomic E-state index is 12.0. The molecule has 1 aliphatic carbocycles. The largest absolute Gasteiger partial charge is 0.480 e. The Hall–Kier alpha value is -4.48. The van der Waals surface area contributed by atoms with Crippen LogP contribution in [0.15, 0.2) is 18.4 Å². The van der Waals surface area contributed by atoms with Gasteiger partial charge >= 0.3 is 11.3 Å². The third-order valence-electron chi connectivity index (χ3n) is 4.62. The van der Waals surface area contributed by atoms with Gasteiger partial charge in [0.1, 0.15) is 10.4 Å². The Bertz CT molecular complexity index is 1610. The van der Waals surface area contributed by atoms with Gasteiger partial charge < -0.3 is 42.0 Å². The van der Waals surface area contributed by atoms with E-state index < -0.39 is 44.3 Å². The van der Waals surface area contributed by atoms with Crippen molar-refractivity contribution >= 4 is 33.5 Å². The molecule has 0 unspecified atom stereocenters. The van der Waals surface area contributed by atoms with Gasteiger partial charge in [0.25, 0.3) is 11.9 Å². The Kier molecular flexibility index (Phi) is 3.05. The Balaban J connectivity index is 2.35. The topological polar surface area (TPSA) is 253 Å². The minimum Gasteiger partial charge on any atom is -0.480 e. The van der Waals surface area contributed by atoms with Gasteiger partial charge in [-0.2, -0.15) is 0 Å². The van der Waals surface area contributed by atoms with Crippen molar-refractivity contribution < 1.29 is 19.0 Å². The molecule has 12 N–H and O–H groups in total. The molecular formula is C16H12N6O6. The molecule has 0 amide bonds. The molecule has 0 atom stereocenters. The van der Waals surface area contributed by atoms with E-state index in [1.165, 1.54) is 0 Å². The Morgan fingerprint density at radius 2 is 1.14 bits per heavy atom. The summed E-state index contributed by atoms with van der Waals surface area (Å²) < 4.78 is 9.19. The smallest absolute Gasteiger partial charge is 0.349 e. The summed E-state index contributed by atoms with van der Waals surface area (Å²) in [4.78, 5) is 23.8. The molecule has 4 rings (SSSR count). The van der Waals surface area contributed by atoms with E-state index in [0.717, 1.165) is 0 Å². The second kappa shape index (κ2) is 5.03. The van der Waals surface area contributed by atoms with Gasteiger partial charge in [-0.25, -0.2) is 9.59 Å². The lowest BCUT2D eigenvalue weighted by Gasteiger charge is -2.15. The first-order chi connectivity index (χ1) is 13.1. The van der Waals surface area contributed by atoms with Crippen molar-refractivity contribution in [2.45, 2.75) is 0 Å². The second-order valence-corrected chi connectivity index (χ2v) is 6.04. The van der Waals surface area contributed by atoms with Crippen LogP contribution >= 0.6 is 0 Å². The lowest BCUT2D eigenvalue weighted by molar-refractivity contribution is 0.270. The predicted molar refractivity (Wildman–Crippen MR) is 96.8 cm³/mol. The van der Waals surface area contributed by atoms with Crippen LogP contribution in [0.1, 0.15) is 0 Å². The summed E-state index contributed by atoms with van der Waals surface area (Å²) in [7, 11) is 0. The summed E-state index contributed by atoms with van der Waals surface area (Å²) in [5.74, 6) is -1.48. The number of fused-ring (bicyclic) bond motifs is 1. The summed E-state index contributed by atoms with van der Waals surface area (Å²) in [6.45, 7) is 0. The molecule has 28 heavy (non-hydrogen) atoms. The zero-order chi connectivity index (χ0) is 20.7. The lowest BCUT2D eigenvalue weighted by atomic mass is 9.94. The van der Waals surface area contributed by atoms with Crippen LogP contribution in [-0.2, 0) is 0 Å².